The standard InChI is InChI=1S/C14H23N4O3P/c1-4-22(20,5-2)9-7-6-8-18-10-15-11-12(18)16-14(19)17-13(11)21-3/h10H,4-9H2,1-3H3,(H,16,17,19). The molecule has 0 aromatic carbocycles. The van der Waals surface area contributed by atoms with Crippen LogP contribution in [0.1, 0.15) is 26.7 Å². The first-order valence-corrected chi connectivity index (χ1v) is 9.85. The van der Waals surface area contributed by atoms with Crippen molar-refractivity contribution in [3.05, 3.63) is 16.8 Å². The predicted molar refractivity (Wildman–Crippen MR) is 87.5 cm³/mol. The van der Waals surface area contributed by atoms with Gasteiger partial charge in [-0.3, -0.25) is 4.98 Å². The summed E-state index contributed by atoms with van der Waals surface area (Å²) in [4.78, 5) is 22.2. The third kappa shape index (κ3) is 3.58. The van der Waals surface area contributed by atoms with Crippen molar-refractivity contribution in [2.24, 2.45) is 0 Å². The minimum Gasteiger partial charge on any atom is -0.479 e. The van der Waals surface area contributed by atoms with Crippen molar-refractivity contribution >= 4 is 18.3 Å². The Morgan fingerprint density at radius 2 is 2.05 bits per heavy atom. The number of aromatic amines is 1. The highest BCUT2D eigenvalue weighted by Gasteiger charge is 2.16. The van der Waals surface area contributed by atoms with Crippen molar-refractivity contribution in [2.75, 3.05) is 25.6 Å². The number of methoxy groups -OCH3 is 1. The molecule has 0 aliphatic rings. The van der Waals surface area contributed by atoms with Gasteiger partial charge in [0.2, 0.25) is 5.88 Å². The molecule has 7 nitrogen and oxygen atoms in total. The highest BCUT2D eigenvalue weighted by molar-refractivity contribution is 7.63. The third-order valence-electron chi connectivity index (χ3n) is 4.03. The number of fused-ring (bicyclic) bond motifs is 1. The van der Waals surface area contributed by atoms with Crippen molar-refractivity contribution in [1.29, 1.82) is 0 Å². The summed E-state index contributed by atoms with van der Waals surface area (Å²) in [7, 11) is -0.503. The van der Waals surface area contributed by atoms with E-state index in [1.165, 1.54) is 7.11 Å². The average molecular weight is 326 g/mol. The van der Waals surface area contributed by atoms with Crippen LogP contribution in [-0.2, 0) is 11.1 Å². The fraction of sp³-hybridized carbons (Fsp3) is 0.643. The fourth-order valence-electron chi connectivity index (χ4n) is 2.48. The lowest BCUT2D eigenvalue weighted by molar-refractivity contribution is 0.400. The van der Waals surface area contributed by atoms with Crippen LogP contribution in [0.2, 0.25) is 0 Å². The normalized spacial score (nSPS) is 12.0. The lowest BCUT2D eigenvalue weighted by Crippen LogP contribution is -2.13. The summed E-state index contributed by atoms with van der Waals surface area (Å²) in [5.41, 5.74) is 0.716. The lowest BCUT2D eigenvalue weighted by atomic mass is 10.3. The van der Waals surface area contributed by atoms with Crippen LogP contribution >= 0.6 is 7.14 Å². The molecular formula is C14H23N4O3P. The van der Waals surface area contributed by atoms with E-state index in [0.717, 1.165) is 31.3 Å². The van der Waals surface area contributed by atoms with Crippen LogP contribution in [0.25, 0.3) is 11.2 Å². The SMILES string of the molecule is CCP(=O)(CC)CCCCn1cnc2c(OC)nc(=O)[nH]c21. The van der Waals surface area contributed by atoms with E-state index >= 15 is 0 Å². The molecule has 2 heterocycles. The van der Waals surface area contributed by atoms with Gasteiger partial charge < -0.3 is 13.9 Å². The Bertz CT molecular complexity index is 729. The molecule has 0 amide bonds. The molecule has 0 bridgehead atoms. The molecule has 2 rings (SSSR count). The van der Waals surface area contributed by atoms with Crippen molar-refractivity contribution in [1.82, 2.24) is 19.5 Å². The highest BCUT2D eigenvalue weighted by Crippen LogP contribution is 2.45. The van der Waals surface area contributed by atoms with Gasteiger partial charge >= 0.3 is 5.69 Å². The van der Waals surface area contributed by atoms with E-state index in [1.807, 2.05) is 18.4 Å². The fourth-order valence-corrected chi connectivity index (χ4v) is 4.36. The number of unbranched alkanes of at least 4 members (excludes halogenated alkanes) is 1. The summed E-state index contributed by atoms with van der Waals surface area (Å²) >= 11 is 0. The van der Waals surface area contributed by atoms with E-state index in [9.17, 15) is 9.36 Å². The molecule has 0 aliphatic heterocycles. The third-order valence-corrected chi connectivity index (χ3v) is 7.47. The summed E-state index contributed by atoms with van der Waals surface area (Å²) in [5.74, 6) is 0.235. The van der Waals surface area contributed by atoms with Gasteiger partial charge in [0.05, 0.1) is 20.6 Å². The Hall–Kier alpha value is -1.62. The van der Waals surface area contributed by atoms with Crippen LogP contribution < -0.4 is 10.4 Å². The molecule has 0 fully saturated rings. The van der Waals surface area contributed by atoms with Gasteiger partial charge in [0, 0.05) is 12.7 Å². The first-order chi connectivity index (χ1) is 10.5. The summed E-state index contributed by atoms with van der Waals surface area (Å²) in [6.07, 6.45) is 5.80. The molecular weight excluding hydrogens is 303 g/mol. The molecule has 0 atom stereocenters. The van der Waals surface area contributed by atoms with E-state index in [2.05, 4.69) is 15.0 Å². The summed E-state index contributed by atoms with van der Waals surface area (Å²) in [6, 6.07) is 0. The quantitative estimate of drug-likeness (QED) is 0.594. The van der Waals surface area contributed by atoms with Crippen LogP contribution in [0.5, 0.6) is 5.88 Å². The second-order valence-corrected chi connectivity index (χ2v) is 9.14. The molecule has 122 valence electrons. The van der Waals surface area contributed by atoms with E-state index < -0.39 is 12.8 Å². The maximum Gasteiger partial charge on any atom is 0.349 e. The molecule has 0 radical (unpaired) electrons. The number of nitrogens with zero attached hydrogens (tertiary/aromatic N) is 3. The number of imidazole rings is 1. The predicted octanol–water partition coefficient (Wildman–Crippen LogP) is 2.31. The second-order valence-electron chi connectivity index (χ2n) is 5.31. The van der Waals surface area contributed by atoms with Gasteiger partial charge in [-0.05, 0) is 25.2 Å². The molecule has 2 aromatic heterocycles. The van der Waals surface area contributed by atoms with Gasteiger partial charge in [0.1, 0.15) is 5.65 Å². The highest BCUT2D eigenvalue weighted by atomic mass is 31.2. The van der Waals surface area contributed by atoms with Gasteiger partial charge in [-0.2, -0.15) is 4.98 Å². The van der Waals surface area contributed by atoms with E-state index in [4.69, 9.17) is 4.74 Å². The number of hydrogen-bond donors (Lipinski definition) is 1. The number of hydrogen-bond acceptors (Lipinski definition) is 5. The topological polar surface area (TPSA) is 89.9 Å². The van der Waals surface area contributed by atoms with Crippen LogP contribution in [0.15, 0.2) is 11.1 Å². The Labute approximate surface area is 129 Å². The van der Waals surface area contributed by atoms with Crippen LogP contribution in [0.4, 0.5) is 0 Å². The Morgan fingerprint density at radius 3 is 2.68 bits per heavy atom. The van der Waals surface area contributed by atoms with Crippen molar-refractivity contribution in [3.8, 4) is 5.88 Å². The van der Waals surface area contributed by atoms with Crippen molar-refractivity contribution < 1.29 is 9.30 Å². The molecule has 1 N–H and O–H groups in total. The average Bonchev–Trinajstić information content (AvgIpc) is 2.93. The largest absolute Gasteiger partial charge is 0.479 e. The van der Waals surface area contributed by atoms with Gasteiger partial charge in [0.15, 0.2) is 5.52 Å². The van der Waals surface area contributed by atoms with E-state index in [1.54, 1.807) is 6.33 Å². The van der Waals surface area contributed by atoms with Crippen LogP contribution in [0, 0.1) is 0 Å². The zero-order valence-corrected chi connectivity index (χ0v) is 14.2. The second kappa shape index (κ2) is 7.09. The molecule has 0 saturated heterocycles. The number of aryl methyl sites for hydroxylation is 1. The molecule has 22 heavy (non-hydrogen) atoms. The van der Waals surface area contributed by atoms with Gasteiger partial charge in [-0.25, -0.2) is 9.78 Å². The number of H-pyrrole nitrogens is 1. The Kier molecular flexibility index (Phi) is 5.40. The first-order valence-electron chi connectivity index (χ1n) is 7.59. The molecule has 2 aromatic rings. The van der Waals surface area contributed by atoms with Crippen LogP contribution in [-0.4, -0.2) is 45.1 Å². The number of ether oxygens (including phenoxy) is 1. The van der Waals surface area contributed by atoms with E-state index in [-0.39, 0.29) is 5.88 Å². The van der Waals surface area contributed by atoms with Gasteiger partial charge in [-0.15, -0.1) is 0 Å². The molecule has 0 spiro atoms. The van der Waals surface area contributed by atoms with Crippen LogP contribution in [0.3, 0.4) is 0 Å². The van der Waals surface area contributed by atoms with Gasteiger partial charge in [-0.1, -0.05) is 13.8 Å². The lowest BCUT2D eigenvalue weighted by Gasteiger charge is -2.13. The minimum atomic E-state index is -1.97. The summed E-state index contributed by atoms with van der Waals surface area (Å²) in [6.45, 7) is 4.71. The van der Waals surface area contributed by atoms with E-state index in [0.29, 0.717) is 17.7 Å². The summed E-state index contributed by atoms with van der Waals surface area (Å²) < 4.78 is 19.3. The van der Waals surface area contributed by atoms with Crippen molar-refractivity contribution in [2.45, 2.75) is 33.2 Å². The molecule has 0 saturated carbocycles. The molecule has 8 heteroatoms. The smallest absolute Gasteiger partial charge is 0.349 e. The monoisotopic (exact) mass is 326 g/mol. The molecule has 0 unspecified atom stereocenters. The maximum atomic E-state index is 12.4. The first kappa shape index (κ1) is 16.7. The summed E-state index contributed by atoms with van der Waals surface area (Å²) in [5, 5.41) is 0. The zero-order chi connectivity index (χ0) is 16.2. The van der Waals surface area contributed by atoms with Gasteiger partial charge in [0.25, 0.3) is 0 Å². The van der Waals surface area contributed by atoms with Crippen molar-refractivity contribution in [3.63, 3.8) is 0 Å². The number of rotatable bonds is 8. The molecule has 0 aliphatic carbocycles. The number of nitrogens with one attached hydrogen (secondary N) is 1. The Morgan fingerprint density at radius 1 is 1.32 bits per heavy atom. The maximum absolute atomic E-state index is 12.4. The number of aromatic nitrogens is 4. The zero-order valence-electron chi connectivity index (χ0n) is 13.3. The minimum absolute atomic E-state index is 0.235. The Balaban J connectivity index is 2.05.